The van der Waals surface area contributed by atoms with Crippen LogP contribution in [0.4, 0.5) is 0 Å². The minimum Gasteiger partial charge on any atom is -0.335 e. The molecule has 0 saturated carbocycles. The number of aromatic nitrogens is 2. The molecule has 3 aromatic rings. The van der Waals surface area contributed by atoms with Gasteiger partial charge in [-0.05, 0) is 58.9 Å². The second-order valence-corrected chi connectivity index (χ2v) is 9.74. The number of fused-ring (bicyclic) bond motifs is 1. The average Bonchev–Trinajstić information content (AvgIpc) is 3.08. The fraction of sp³-hybridized carbons (Fsp3) is 0.381. The minimum atomic E-state index is 0.0111. The molecule has 0 fully saturated rings. The molecule has 0 aliphatic rings. The first-order valence-electron chi connectivity index (χ1n) is 8.83. The van der Waals surface area contributed by atoms with Crippen molar-refractivity contribution >= 4 is 34.3 Å². The molecule has 0 aliphatic heterocycles. The second-order valence-electron chi connectivity index (χ2n) is 6.35. The predicted molar refractivity (Wildman–Crippen MR) is 114 cm³/mol. The Labute approximate surface area is 159 Å². The van der Waals surface area contributed by atoms with E-state index < -0.39 is 0 Å². The molecule has 132 valence electrons. The van der Waals surface area contributed by atoms with Crippen LogP contribution in [0.5, 0.6) is 0 Å². The van der Waals surface area contributed by atoms with Crippen molar-refractivity contribution in [3.8, 4) is 0 Å². The van der Waals surface area contributed by atoms with Crippen LogP contribution in [0.3, 0.4) is 0 Å². The fourth-order valence-electron chi connectivity index (χ4n) is 3.24. The van der Waals surface area contributed by atoms with E-state index in [-0.39, 0.29) is 4.08 Å². The van der Waals surface area contributed by atoms with Crippen LogP contribution in [0.15, 0.2) is 49.1 Å². The number of rotatable bonds is 7. The van der Waals surface area contributed by atoms with Gasteiger partial charge in [-0.25, -0.2) is 4.98 Å². The van der Waals surface area contributed by atoms with Gasteiger partial charge in [-0.1, -0.05) is 38.1 Å². The zero-order valence-corrected chi connectivity index (χ0v) is 17.1. The van der Waals surface area contributed by atoms with E-state index in [0.29, 0.717) is 0 Å². The summed E-state index contributed by atoms with van der Waals surface area (Å²) in [6.07, 6.45) is 5.86. The normalized spacial score (nSPS) is 12.0. The van der Waals surface area contributed by atoms with E-state index in [1.54, 1.807) is 0 Å². The Kier molecular flexibility index (Phi) is 5.80. The maximum atomic E-state index is 4.24. The summed E-state index contributed by atoms with van der Waals surface area (Å²) in [6.45, 7) is 9.81. The summed E-state index contributed by atoms with van der Waals surface area (Å²) in [7, 11) is 0. The Balaban J connectivity index is 2.10. The number of aryl methyl sites for hydroxylation is 2. The van der Waals surface area contributed by atoms with Crippen LogP contribution in [0, 0.1) is 13.8 Å². The van der Waals surface area contributed by atoms with Gasteiger partial charge in [0.2, 0.25) is 0 Å². The number of benzene rings is 2. The predicted octanol–water partition coefficient (Wildman–Crippen LogP) is 6.01. The van der Waals surface area contributed by atoms with Crippen molar-refractivity contribution in [3.63, 3.8) is 0 Å². The fourth-order valence-corrected chi connectivity index (χ4v) is 6.28. The highest BCUT2D eigenvalue weighted by molar-refractivity contribution is 8.17. The van der Waals surface area contributed by atoms with Gasteiger partial charge in [-0.15, -0.1) is 23.5 Å². The molecule has 0 amide bonds. The number of thioether (sulfide) groups is 2. The molecule has 2 nitrogen and oxygen atoms in total. The van der Waals surface area contributed by atoms with Gasteiger partial charge < -0.3 is 4.57 Å². The molecule has 0 unspecified atom stereocenters. The summed E-state index contributed by atoms with van der Waals surface area (Å²) in [6, 6.07) is 11.6. The lowest BCUT2D eigenvalue weighted by Crippen LogP contribution is -2.25. The molecule has 0 saturated heterocycles. The highest BCUT2D eigenvalue weighted by Crippen LogP contribution is 2.48. The quantitative estimate of drug-likeness (QED) is 0.474. The highest BCUT2D eigenvalue weighted by atomic mass is 32.2. The number of nitrogens with zero attached hydrogens (tertiary/aromatic N) is 2. The molecule has 0 radical (unpaired) electrons. The Morgan fingerprint density at radius 1 is 0.960 bits per heavy atom. The molecule has 4 heteroatoms. The van der Waals surface area contributed by atoms with Crippen LogP contribution >= 0.6 is 23.5 Å². The van der Waals surface area contributed by atoms with Crippen LogP contribution < -0.4 is 0 Å². The molecule has 1 heterocycles. The van der Waals surface area contributed by atoms with Crippen molar-refractivity contribution in [1.29, 1.82) is 0 Å². The van der Waals surface area contributed by atoms with Crippen LogP contribution in [-0.4, -0.2) is 21.1 Å². The molecule has 0 atom stereocenters. The largest absolute Gasteiger partial charge is 0.335 e. The second kappa shape index (κ2) is 7.88. The lowest BCUT2D eigenvalue weighted by atomic mass is 9.99. The minimum absolute atomic E-state index is 0.0111. The van der Waals surface area contributed by atoms with E-state index in [2.05, 4.69) is 73.8 Å². The molecule has 25 heavy (non-hydrogen) atoms. The van der Waals surface area contributed by atoms with E-state index >= 15 is 0 Å². The lowest BCUT2D eigenvalue weighted by molar-refractivity contribution is 0.649. The van der Waals surface area contributed by atoms with Crippen LogP contribution in [-0.2, 0) is 10.6 Å². The summed E-state index contributed by atoms with van der Waals surface area (Å²) in [5, 5.41) is 2.66. The third kappa shape index (κ3) is 3.90. The van der Waals surface area contributed by atoms with Crippen LogP contribution in [0.2, 0.25) is 0 Å². The monoisotopic (exact) mass is 370 g/mol. The maximum absolute atomic E-state index is 4.24. The maximum Gasteiger partial charge on any atom is 0.104 e. The van der Waals surface area contributed by atoms with E-state index in [1.165, 1.54) is 27.5 Å². The Bertz CT molecular complexity index is 834. The van der Waals surface area contributed by atoms with Crippen molar-refractivity contribution in [2.24, 2.45) is 0 Å². The van der Waals surface area contributed by atoms with Gasteiger partial charge in [-0.3, -0.25) is 0 Å². The number of imidazole rings is 1. The molecule has 0 aliphatic carbocycles. The van der Waals surface area contributed by atoms with Crippen molar-refractivity contribution in [2.75, 3.05) is 11.5 Å². The topological polar surface area (TPSA) is 17.8 Å². The van der Waals surface area contributed by atoms with Gasteiger partial charge in [0.25, 0.3) is 0 Å². The first-order chi connectivity index (χ1) is 12.1. The van der Waals surface area contributed by atoms with Gasteiger partial charge in [0, 0.05) is 12.4 Å². The summed E-state index contributed by atoms with van der Waals surface area (Å²) >= 11 is 4.06. The van der Waals surface area contributed by atoms with E-state index in [0.717, 1.165) is 18.1 Å². The summed E-state index contributed by atoms with van der Waals surface area (Å²) in [4.78, 5) is 4.24. The van der Waals surface area contributed by atoms with E-state index in [4.69, 9.17) is 0 Å². The molecule has 0 N–H and O–H groups in total. The van der Waals surface area contributed by atoms with Gasteiger partial charge in [0.1, 0.15) is 4.08 Å². The third-order valence-electron chi connectivity index (χ3n) is 4.60. The van der Waals surface area contributed by atoms with Crippen molar-refractivity contribution < 1.29 is 0 Å². The van der Waals surface area contributed by atoms with E-state index in [1.807, 2.05) is 36.0 Å². The Hall–Kier alpha value is -1.39. The van der Waals surface area contributed by atoms with E-state index in [9.17, 15) is 0 Å². The molecular formula is C21H26N2S2. The third-order valence-corrected chi connectivity index (χ3v) is 7.54. The lowest BCUT2D eigenvalue weighted by Gasteiger charge is -2.33. The standard InChI is InChI=1S/C21H26N2S2/c1-5-24-21(25-6-2,14-23-10-9-22-15-23)20-8-7-18-11-16(3)17(4)12-19(18)13-20/h7-13,15H,5-6,14H2,1-4H3. The average molecular weight is 371 g/mol. The zero-order valence-electron chi connectivity index (χ0n) is 15.5. The zero-order chi connectivity index (χ0) is 17.9. The summed E-state index contributed by atoms with van der Waals surface area (Å²) in [5.74, 6) is 2.18. The van der Waals surface area contributed by atoms with Gasteiger partial charge in [0.15, 0.2) is 0 Å². The molecule has 3 rings (SSSR count). The smallest absolute Gasteiger partial charge is 0.104 e. The number of hydrogen-bond donors (Lipinski definition) is 0. The summed E-state index contributed by atoms with van der Waals surface area (Å²) in [5.41, 5.74) is 4.11. The molecule has 2 aromatic carbocycles. The van der Waals surface area contributed by atoms with Gasteiger partial charge in [0.05, 0.1) is 12.9 Å². The summed E-state index contributed by atoms with van der Waals surface area (Å²) < 4.78 is 2.22. The Morgan fingerprint density at radius 2 is 1.64 bits per heavy atom. The number of hydrogen-bond acceptors (Lipinski definition) is 3. The van der Waals surface area contributed by atoms with Crippen LogP contribution in [0.25, 0.3) is 10.8 Å². The first kappa shape index (κ1) is 18.4. The first-order valence-corrected chi connectivity index (χ1v) is 10.8. The van der Waals surface area contributed by atoms with Gasteiger partial charge >= 0.3 is 0 Å². The molecular weight excluding hydrogens is 344 g/mol. The van der Waals surface area contributed by atoms with Crippen molar-refractivity contribution in [1.82, 2.24) is 9.55 Å². The molecule has 1 aromatic heterocycles. The van der Waals surface area contributed by atoms with Crippen LogP contribution in [0.1, 0.15) is 30.5 Å². The molecule has 0 spiro atoms. The van der Waals surface area contributed by atoms with Gasteiger partial charge in [-0.2, -0.15) is 0 Å². The van der Waals surface area contributed by atoms with Crippen molar-refractivity contribution in [3.05, 3.63) is 65.7 Å². The Morgan fingerprint density at radius 3 is 2.24 bits per heavy atom. The SMILES string of the molecule is CCSC(Cn1ccnc1)(SCC)c1ccc2cc(C)c(C)cc2c1. The molecule has 0 bridgehead atoms. The van der Waals surface area contributed by atoms with Crippen molar-refractivity contribution in [2.45, 2.75) is 38.3 Å². The highest BCUT2D eigenvalue weighted by Gasteiger charge is 2.33.